The SMILES string of the molecule is CN1CCC(NS(=O)(=O)c2ccc(C3CCCCC3)cc2)CC1. The van der Waals surface area contributed by atoms with E-state index in [9.17, 15) is 8.42 Å². The van der Waals surface area contributed by atoms with Crippen LogP contribution in [0.1, 0.15) is 56.4 Å². The van der Waals surface area contributed by atoms with Crippen LogP contribution in [-0.4, -0.2) is 39.5 Å². The van der Waals surface area contributed by atoms with E-state index in [1.165, 1.54) is 37.7 Å². The van der Waals surface area contributed by atoms with E-state index < -0.39 is 10.0 Å². The topological polar surface area (TPSA) is 49.4 Å². The van der Waals surface area contributed by atoms with Gasteiger partial charge in [0.1, 0.15) is 0 Å². The number of benzene rings is 1. The van der Waals surface area contributed by atoms with Crippen LogP contribution in [-0.2, 0) is 10.0 Å². The number of hydrogen-bond acceptors (Lipinski definition) is 3. The van der Waals surface area contributed by atoms with Crippen LogP contribution in [0.2, 0.25) is 0 Å². The van der Waals surface area contributed by atoms with E-state index in [1.54, 1.807) is 12.1 Å². The summed E-state index contributed by atoms with van der Waals surface area (Å²) in [7, 11) is -1.32. The molecule has 3 rings (SSSR count). The fraction of sp³-hybridized carbons (Fsp3) is 0.667. The molecule has 1 saturated carbocycles. The molecule has 0 spiro atoms. The highest BCUT2D eigenvalue weighted by Crippen LogP contribution is 2.32. The van der Waals surface area contributed by atoms with E-state index in [-0.39, 0.29) is 6.04 Å². The summed E-state index contributed by atoms with van der Waals surface area (Å²) in [6.45, 7) is 1.90. The average molecular weight is 337 g/mol. The molecule has 2 aliphatic rings. The second kappa shape index (κ2) is 7.32. The van der Waals surface area contributed by atoms with Gasteiger partial charge in [0, 0.05) is 6.04 Å². The molecule has 0 amide bonds. The number of likely N-dealkylation sites (tertiary alicyclic amines) is 1. The summed E-state index contributed by atoms with van der Waals surface area (Å²) in [5.74, 6) is 0.613. The third-order valence-corrected chi connectivity index (χ3v) is 6.84. The molecule has 0 radical (unpaired) electrons. The van der Waals surface area contributed by atoms with E-state index in [1.807, 2.05) is 12.1 Å². The minimum absolute atomic E-state index is 0.0641. The van der Waals surface area contributed by atoms with Crippen LogP contribution in [0.3, 0.4) is 0 Å². The second-order valence-corrected chi connectivity index (χ2v) is 8.82. The molecule has 1 aliphatic carbocycles. The van der Waals surface area contributed by atoms with Gasteiger partial charge in [0.15, 0.2) is 0 Å². The van der Waals surface area contributed by atoms with E-state index in [4.69, 9.17) is 0 Å². The average Bonchev–Trinajstić information content (AvgIpc) is 2.58. The van der Waals surface area contributed by atoms with Gasteiger partial charge in [-0.15, -0.1) is 0 Å². The van der Waals surface area contributed by atoms with Crippen molar-refractivity contribution < 1.29 is 8.42 Å². The number of rotatable bonds is 4. The lowest BCUT2D eigenvalue weighted by Crippen LogP contribution is -2.43. The van der Waals surface area contributed by atoms with Gasteiger partial charge in [-0.1, -0.05) is 31.4 Å². The monoisotopic (exact) mass is 336 g/mol. The van der Waals surface area contributed by atoms with Gasteiger partial charge in [0.05, 0.1) is 4.90 Å². The first-order chi connectivity index (χ1) is 11.0. The van der Waals surface area contributed by atoms with Crippen LogP contribution in [0.25, 0.3) is 0 Å². The minimum atomic E-state index is -3.39. The fourth-order valence-electron chi connectivity index (χ4n) is 3.77. The Hall–Kier alpha value is -0.910. The number of hydrogen-bond donors (Lipinski definition) is 1. The van der Waals surface area contributed by atoms with Crippen molar-refractivity contribution >= 4 is 10.0 Å². The first kappa shape index (κ1) is 16.9. The lowest BCUT2D eigenvalue weighted by molar-refractivity contribution is 0.248. The maximum absolute atomic E-state index is 12.5. The molecule has 1 aromatic carbocycles. The van der Waals surface area contributed by atoms with E-state index >= 15 is 0 Å². The van der Waals surface area contributed by atoms with Crippen molar-refractivity contribution in [3.63, 3.8) is 0 Å². The largest absolute Gasteiger partial charge is 0.306 e. The van der Waals surface area contributed by atoms with Crippen molar-refractivity contribution in [2.45, 2.75) is 61.8 Å². The van der Waals surface area contributed by atoms with Crippen LogP contribution < -0.4 is 4.72 Å². The fourth-order valence-corrected chi connectivity index (χ4v) is 5.07. The van der Waals surface area contributed by atoms with Crippen LogP contribution in [0.5, 0.6) is 0 Å². The van der Waals surface area contributed by atoms with E-state index in [0.717, 1.165) is 25.9 Å². The lowest BCUT2D eigenvalue weighted by Gasteiger charge is -2.29. The third-order valence-electron chi connectivity index (χ3n) is 5.31. The minimum Gasteiger partial charge on any atom is -0.306 e. The van der Waals surface area contributed by atoms with Gasteiger partial charge in [-0.3, -0.25) is 0 Å². The third kappa shape index (κ3) is 4.34. The Kier molecular flexibility index (Phi) is 5.39. The highest BCUT2D eigenvalue weighted by molar-refractivity contribution is 7.89. The molecule has 1 heterocycles. The molecule has 1 saturated heterocycles. The van der Waals surface area contributed by atoms with Crippen LogP contribution in [0.4, 0.5) is 0 Å². The number of nitrogens with one attached hydrogen (secondary N) is 1. The molecule has 23 heavy (non-hydrogen) atoms. The van der Waals surface area contributed by atoms with E-state index in [2.05, 4.69) is 16.7 Å². The predicted octanol–water partition coefficient (Wildman–Crippen LogP) is 3.11. The Morgan fingerprint density at radius 2 is 1.57 bits per heavy atom. The molecule has 4 nitrogen and oxygen atoms in total. The summed E-state index contributed by atoms with van der Waals surface area (Å²) >= 11 is 0. The molecular formula is C18H28N2O2S. The van der Waals surface area contributed by atoms with Crippen LogP contribution >= 0.6 is 0 Å². The summed E-state index contributed by atoms with van der Waals surface area (Å²) in [6.07, 6.45) is 8.17. The van der Waals surface area contributed by atoms with Gasteiger partial charge in [-0.05, 0) is 69.4 Å². The van der Waals surface area contributed by atoms with Crippen molar-refractivity contribution in [2.75, 3.05) is 20.1 Å². The molecule has 0 atom stereocenters. The zero-order chi connectivity index (χ0) is 16.3. The first-order valence-electron chi connectivity index (χ1n) is 8.85. The summed E-state index contributed by atoms with van der Waals surface area (Å²) in [6, 6.07) is 7.65. The van der Waals surface area contributed by atoms with Crippen molar-refractivity contribution in [3.05, 3.63) is 29.8 Å². The summed E-state index contributed by atoms with van der Waals surface area (Å²) in [5.41, 5.74) is 1.29. The smallest absolute Gasteiger partial charge is 0.240 e. The standard InChI is InChI=1S/C18H28N2O2S/c1-20-13-11-17(12-14-20)19-23(21,22)18-9-7-16(8-10-18)15-5-3-2-4-6-15/h7-10,15,17,19H,2-6,11-14H2,1H3. The zero-order valence-electron chi connectivity index (χ0n) is 14.0. The molecule has 0 unspecified atom stereocenters. The van der Waals surface area contributed by atoms with Crippen molar-refractivity contribution in [2.24, 2.45) is 0 Å². The van der Waals surface area contributed by atoms with Gasteiger partial charge < -0.3 is 4.90 Å². The Balaban J connectivity index is 1.65. The molecule has 0 aromatic heterocycles. The van der Waals surface area contributed by atoms with Gasteiger partial charge in [0.25, 0.3) is 0 Å². The second-order valence-electron chi connectivity index (χ2n) is 7.10. The highest BCUT2D eigenvalue weighted by atomic mass is 32.2. The predicted molar refractivity (Wildman–Crippen MR) is 93.1 cm³/mol. The maximum Gasteiger partial charge on any atom is 0.240 e. The van der Waals surface area contributed by atoms with Crippen molar-refractivity contribution in [3.8, 4) is 0 Å². The molecule has 1 aromatic rings. The quantitative estimate of drug-likeness (QED) is 0.919. The van der Waals surface area contributed by atoms with Crippen LogP contribution in [0, 0.1) is 0 Å². The van der Waals surface area contributed by atoms with Crippen molar-refractivity contribution in [1.82, 2.24) is 9.62 Å². The number of nitrogens with zero attached hydrogens (tertiary/aromatic N) is 1. The zero-order valence-corrected chi connectivity index (χ0v) is 14.8. The highest BCUT2D eigenvalue weighted by Gasteiger charge is 2.24. The van der Waals surface area contributed by atoms with Gasteiger partial charge in [0.2, 0.25) is 10.0 Å². The molecule has 1 aliphatic heterocycles. The van der Waals surface area contributed by atoms with E-state index in [0.29, 0.717) is 10.8 Å². The molecule has 1 N–H and O–H groups in total. The van der Waals surface area contributed by atoms with Crippen molar-refractivity contribution in [1.29, 1.82) is 0 Å². The molecule has 2 fully saturated rings. The molecule has 128 valence electrons. The summed E-state index contributed by atoms with van der Waals surface area (Å²) in [5, 5.41) is 0. The lowest BCUT2D eigenvalue weighted by atomic mass is 9.84. The Morgan fingerprint density at radius 1 is 0.957 bits per heavy atom. The number of piperidine rings is 1. The maximum atomic E-state index is 12.5. The van der Waals surface area contributed by atoms with Crippen LogP contribution in [0.15, 0.2) is 29.2 Å². The molecular weight excluding hydrogens is 308 g/mol. The summed E-state index contributed by atoms with van der Waals surface area (Å²) in [4.78, 5) is 2.64. The molecule has 0 bridgehead atoms. The van der Waals surface area contributed by atoms with Gasteiger partial charge in [-0.2, -0.15) is 0 Å². The first-order valence-corrected chi connectivity index (χ1v) is 10.3. The Morgan fingerprint density at radius 3 is 2.17 bits per heavy atom. The Labute approximate surface area is 140 Å². The Bertz CT molecular complexity index is 598. The normalized spacial score (nSPS) is 22.3. The van der Waals surface area contributed by atoms with Gasteiger partial charge >= 0.3 is 0 Å². The molecule has 5 heteroatoms. The number of sulfonamides is 1. The summed E-state index contributed by atoms with van der Waals surface area (Å²) < 4.78 is 28.0. The van der Waals surface area contributed by atoms with Gasteiger partial charge in [-0.25, -0.2) is 13.1 Å².